The molecular weight excluding hydrogens is 272 g/mol. The Labute approximate surface area is 100 Å². The Kier molecular flexibility index (Phi) is 2.66. The summed E-state index contributed by atoms with van der Waals surface area (Å²) in [4.78, 5) is 10.9. The van der Waals surface area contributed by atoms with Gasteiger partial charge in [-0.05, 0) is 34.1 Å². The summed E-state index contributed by atoms with van der Waals surface area (Å²) in [5.41, 5.74) is 12.5. The summed E-state index contributed by atoms with van der Waals surface area (Å²) in [5.74, 6) is -0.500. The van der Waals surface area contributed by atoms with Gasteiger partial charge in [0.2, 0.25) is 5.91 Å². The Hall–Kier alpha value is -1.82. The summed E-state index contributed by atoms with van der Waals surface area (Å²) < 4.78 is 2.47. The topological polar surface area (TPSA) is 86.9 Å². The van der Waals surface area contributed by atoms with Gasteiger partial charge in [-0.2, -0.15) is 5.10 Å². The van der Waals surface area contributed by atoms with Crippen LogP contribution in [-0.4, -0.2) is 15.7 Å². The van der Waals surface area contributed by atoms with Crippen LogP contribution in [0.1, 0.15) is 10.4 Å². The van der Waals surface area contributed by atoms with Crippen molar-refractivity contribution >= 4 is 27.5 Å². The maximum atomic E-state index is 10.9. The zero-order valence-corrected chi connectivity index (χ0v) is 9.81. The Morgan fingerprint density at radius 3 is 2.69 bits per heavy atom. The number of halogens is 1. The molecule has 0 radical (unpaired) electrons. The summed E-state index contributed by atoms with van der Waals surface area (Å²) >= 11 is 3.29. The Balaban J connectivity index is 2.47. The van der Waals surface area contributed by atoms with E-state index in [1.165, 1.54) is 6.07 Å². The van der Waals surface area contributed by atoms with Crippen molar-refractivity contribution < 1.29 is 4.79 Å². The lowest BCUT2D eigenvalue weighted by Crippen LogP contribution is -2.12. The van der Waals surface area contributed by atoms with Gasteiger partial charge in [0.05, 0.1) is 22.0 Å². The Morgan fingerprint density at radius 1 is 1.44 bits per heavy atom. The fourth-order valence-electron chi connectivity index (χ4n) is 1.35. The molecule has 0 atom stereocenters. The van der Waals surface area contributed by atoms with Gasteiger partial charge in [0.25, 0.3) is 0 Å². The van der Waals surface area contributed by atoms with Gasteiger partial charge < -0.3 is 11.5 Å². The lowest BCUT2D eigenvalue weighted by Gasteiger charge is -2.06. The van der Waals surface area contributed by atoms with Crippen LogP contribution in [0.2, 0.25) is 0 Å². The van der Waals surface area contributed by atoms with Crippen LogP contribution in [-0.2, 0) is 0 Å². The maximum absolute atomic E-state index is 10.9. The lowest BCUT2D eigenvalue weighted by molar-refractivity contribution is 0.100. The molecule has 0 bridgehead atoms. The highest BCUT2D eigenvalue weighted by Crippen LogP contribution is 2.19. The van der Waals surface area contributed by atoms with Crippen LogP contribution in [0.4, 0.5) is 5.69 Å². The molecule has 0 unspecified atom stereocenters. The minimum Gasteiger partial charge on any atom is -0.397 e. The van der Waals surface area contributed by atoms with Gasteiger partial charge >= 0.3 is 0 Å². The molecule has 0 fully saturated rings. The van der Waals surface area contributed by atoms with Crippen molar-refractivity contribution in [2.24, 2.45) is 5.73 Å². The number of hydrogen-bond acceptors (Lipinski definition) is 3. The molecule has 0 aliphatic rings. The van der Waals surface area contributed by atoms with E-state index in [-0.39, 0.29) is 0 Å². The lowest BCUT2D eigenvalue weighted by atomic mass is 10.1. The second-order valence-electron chi connectivity index (χ2n) is 3.24. The molecule has 4 N–H and O–H groups in total. The van der Waals surface area contributed by atoms with E-state index in [1.54, 1.807) is 29.2 Å². The van der Waals surface area contributed by atoms with E-state index in [2.05, 4.69) is 21.0 Å². The molecule has 1 heterocycles. The molecule has 82 valence electrons. The number of amides is 1. The van der Waals surface area contributed by atoms with Crippen molar-refractivity contribution in [2.75, 3.05) is 5.73 Å². The van der Waals surface area contributed by atoms with Crippen molar-refractivity contribution in [3.8, 4) is 5.69 Å². The molecule has 1 amide bonds. The summed E-state index contributed by atoms with van der Waals surface area (Å²) in [6.45, 7) is 0. The van der Waals surface area contributed by atoms with E-state index < -0.39 is 5.91 Å². The predicted molar refractivity (Wildman–Crippen MR) is 64.2 cm³/mol. The summed E-state index contributed by atoms with van der Waals surface area (Å²) in [6, 6.07) is 4.85. The van der Waals surface area contributed by atoms with Crippen LogP contribution in [0, 0.1) is 0 Å². The number of rotatable bonds is 2. The summed E-state index contributed by atoms with van der Waals surface area (Å²) in [6.07, 6.45) is 3.43. The quantitative estimate of drug-likeness (QED) is 0.814. The molecule has 16 heavy (non-hydrogen) atoms. The van der Waals surface area contributed by atoms with Crippen LogP contribution >= 0.6 is 15.9 Å². The standard InChI is InChI=1S/C10H9BrN4O/c11-7-4-14-15(5-7)9-2-1-6(10(13)16)3-8(9)12/h1-5H,12H2,(H2,13,16). The van der Waals surface area contributed by atoms with Crippen LogP contribution < -0.4 is 11.5 Å². The zero-order chi connectivity index (χ0) is 11.7. The molecule has 0 saturated heterocycles. The Morgan fingerprint density at radius 2 is 2.19 bits per heavy atom. The number of benzene rings is 1. The van der Waals surface area contributed by atoms with Gasteiger partial charge in [-0.1, -0.05) is 0 Å². The number of nitrogens with two attached hydrogens (primary N) is 2. The van der Waals surface area contributed by atoms with Gasteiger partial charge in [-0.15, -0.1) is 0 Å². The van der Waals surface area contributed by atoms with Gasteiger partial charge in [-0.3, -0.25) is 4.79 Å². The highest BCUT2D eigenvalue weighted by atomic mass is 79.9. The SMILES string of the molecule is NC(=O)c1ccc(-n2cc(Br)cn2)c(N)c1. The van der Waals surface area contributed by atoms with Gasteiger partial charge in [-0.25, -0.2) is 4.68 Å². The molecule has 0 saturated carbocycles. The number of aromatic nitrogens is 2. The highest BCUT2D eigenvalue weighted by Gasteiger charge is 2.07. The van der Waals surface area contributed by atoms with Gasteiger partial charge in [0, 0.05) is 11.8 Å². The van der Waals surface area contributed by atoms with Crippen LogP contribution in [0.3, 0.4) is 0 Å². The molecule has 5 nitrogen and oxygen atoms in total. The average Bonchev–Trinajstić information content (AvgIpc) is 2.64. The second-order valence-corrected chi connectivity index (χ2v) is 4.16. The first kappa shape index (κ1) is 10.7. The fraction of sp³-hybridized carbons (Fsp3) is 0. The first-order valence-electron chi connectivity index (χ1n) is 4.48. The maximum Gasteiger partial charge on any atom is 0.248 e. The Bertz CT molecular complexity index is 550. The monoisotopic (exact) mass is 280 g/mol. The zero-order valence-electron chi connectivity index (χ0n) is 8.22. The van der Waals surface area contributed by atoms with Crippen molar-refractivity contribution in [1.29, 1.82) is 0 Å². The van der Waals surface area contributed by atoms with E-state index in [9.17, 15) is 4.79 Å². The molecular formula is C10H9BrN4O. The van der Waals surface area contributed by atoms with E-state index in [1.807, 2.05) is 0 Å². The third-order valence-corrected chi connectivity index (χ3v) is 2.52. The number of nitrogens with zero attached hydrogens (tertiary/aromatic N) is 2. The molecule has 2 aromatic rings. The number of primary amides is 1. The molecule has 1 aromatic heterocycles. The van der Waals surface area contributed by atoms with Crippen LogP contribution in [0.15, 0.2) is 35.1 Å². The minimum atomic E-state index is -0.500. The summed E-state index contributed by atoms with van der Waals surface area (Å²) in [5, 5.41) is 4.09. The molecule has 6 heteroatoms. The largest absolute Gasteiger partial charge is 0.397 e. The molecule has 2 rings (SSSR count). The van der Waals surface area contributed by atoms with Crippen molar-refractivity contribution in [1.82, 2.24) is 9.78 Å². The van der Waals surface area contributed by atoms with E-state index in [0.29, 0.717) is 16.9 Å². The second kappa shape index (κ2) is 3.97. The number of hydrogen-bond donors (Lipinski definition) is 2. The van der Waals surface area contributed by atoms with Gasteiger partial charge in [0.1, 0.15) is 0 Å². The fourth-order valence-corrected chi connectivity index (χ4v) is 1.63. The first-order valence-corrected chi connectivity index (χ1v) is 5.27. The van der Waals surface area contributed by atoms with E-state index in [0.717, 1.165) is 4.47 Å². The summed E-state index contributed by atoms with van der Waals surface area (Å²) in [7, 11) is 0. The van der Waals surface area contributed by atoms with Crippen LogP contribution in [0.25, 0.3) is 5.69 Å². The third-order valence-electron chi connectivity index (χ3n) is 2.11. The van der Waals surface area contributed by atoms with Crippen molar-refractivity contribution in [2.45, 2.75) is 0 Å². The van der Waals surface area contributed by atoms with Crippen molar-refractivity contribution in [3.63, 3.8) is 0 Å². The molecule has 0 aliphatic heterocycles. The van der Waals surface area contributed by atoms with Crippen LogP contribution in [0.5, 0.6) is 0 Å². The average molecular weight is 281 g/mol. The molecule has 0 spiro atoms. The highest BCUT2D eigenvalue weighted by molar-refractivity contribution is 9.10. The normalized spacial score (nSPS) is 10.3. The number of anilines is 1. The third kappa shape index (κ3) is 1.92. The minimum absolute atomic E-state index is 0.382. The number of nitrogen functional groups attached to an aromatic ring is 1. The van der Waals surface area contributed by atoms with E-state index in [4.69, 9.17) is 11.5 Å². The van der Waals surface area contributed by atoms with Gasteiger partial charge in [0.15, 0.2) is 0 Å². The number of carbonyl (C=O) groups excluding carboxylic acids is 1. The molecule has 0 aliphatic carbocycles. The molecule has 1 aromatic carbocycles. The van der Waals surface area contributed by atoms with Crippen molar-refractivity contribution in [3.05, 3.63) is 40.6 Å². The van der Waals surface area contributed by atoms with E-state index >= 15 is 0 Å². The number of carbonyl (C=O) groups is 1. The predicted octanol–water partition coefficient (Wildman–Crippen LogP) is 1.32. The smallest absolute Gasteiger partial charge is 0.248 e. The first-order chi connectivity index (χ1) is 7.58.